The van der Waals surface area contributed by atoms with Crippen molar-refractivity contribution in [2.45, 2.75) is 19.8 Å². The van der Waals surface area contributed by atoms with Crippen LogP contribution in [0.2, 0.25) is 0 Å². The number of halogens is 2. The molecule has 0 radical (unpaired) electrons. The van der Waals surface area contributed by atoms with E-state index in [0.717, 1.165) is 17.7 Å². The van der Waals surface area contributed by atoms with Gasteiger partial charge >= 0.3 is 0 Å². The highest BCUT2D eigenvalue weighted by Gasteiger charge is 2.14. The molecule has 0 aliphatic rings. The first-order chi connectivity index (χ1) is 9.90. The van der Waals surface area contributed by atoms with Crippen molar-refractivity contribution in [1.82, 2.24) is 0 Å². The summed E-state index contributed by atoms with van der Waals surface area (Å²) in [4.78, 5) is -0.0399. The number of anilines is 2. The Hall–Kier alpha value is -2.01. The SMILES string of the molecule is CC(C)c1ccccc1Nc1c(F)cc(C(N)=S)cc1F. The molecule has 0 aliphatic heterocycles. The van der Waals surface area contributed by atoms with Crippen molar-refractivity contribution in [3.05, 3.63) is 59.2 Å². The quantitative estimate of drug-likeness (QED) is 0.819. The summed E-state index contributed by atoms with van der Waals surface area (Å²) in [7, 11) is 0. The maximum absolute atomic E-state index is 14.1. The number of thiocarbonyl (C=S) groups is 1. The van der Waals surface area contributed by atoms with Crippen LogP contribution in [0.4, 0.5) is 20.2 Å². The second kappa shape index (κ2) is 6.18. The van der Waals surface area contributed by atoms with E-state index in [9.17, 15) is 8.78 Å². The molecule has 2 aromatic carbocycles. The monoisotopic (exact) mass is 306 g/mol. The van der Waals surface area contributed by atoms with Crippen molar-refractivity contribution in [2.75, 3.05) is 5.32 Å². The number of nitrogens with one attached hydrogen (secondary N) is 1. The molecule has 0 aliphatic carbocycles. The molecule has 110 valence electrons. The Morgan fingerprint density at radius 2 is 1.71 bits per heavy atom. The zero-order valence-corrected chi connectivity index (χ0v) is 12.6. The molecule has 2 rings (SSSR count). The van der Waals surface area contributed by atoms with Gasteiger partial charge in [0.05, 0.1) is 0 Å². The van der Waals surface area contributed by atoms with Crippen molar-refractivity contribution >= 4 is 28.6 Å². The van der Waals surface area contributed by atoms with E-state index in [-0.39, 0.29) is 22.2 Å². The number of rotatable bonds is 4. The summed E-state index contributed by atoms with van der Waals surface area (Å²) in [5.74, 6) is -1.22. The second-order valence-corrected chi connectivity index (χ2v) is 5.49. The van der Waals surface area contributed by atoms with Crippen molar-refractivity contribution in [1.29, 1.82) is 0 Å². The Bertz CT molecular complexity index is 661. The largest absolute Gasteiger partial charge is 0.389 e. The van der Waals surface area contributed by atoms with Gasteiger partial charge in [0.15, 0.2) is 0 Å². The van der Waals surface area contributed by atoms with Gasteiger partial charge in [-0.2, -0.15) is 0 Å². The Balaban J connectivity index is 2.43. The van der Waals surface area contributed by atoms with E-state index >= 15 is 0 Å². The molecule has 0 spiro atoms. The summed E-state index contributed by atoms with van der Waals surface area (Å²) in [5.41, 5.74) is 7.02. The van der Waals surface area contributed by atoms with E-state index in [0.29, 0.717) is 5.69 Å². The van der Waals surface area contributed by atoms with Gasteiger partial charge in [0.25, 0.3) is 0 Å². The lowest BCUT2D eigenvalue weighted by molar-refractivity contribution is 0.590. The highest BCUT2D eigenvalue weighted by atomic mass is 32.1. The summed E-state index contributed by atoms with van der Waals surface area (Å²) in [6.07, 6.45) is 0. The average Bonchev–Trinajstić information content (AvgIpc) is 2.42. The molecule has 3 N–H and O–H groups in total. The molecule has 21 heavy (non-hydrogen) atoms. The van der Waals surface area contributed by atoms with Crippen molar-refractivity contribution in [3.8, 4) is 0 Å². The molecule has 0 heterocycles. The normalized spacial score (nSPS) is 10.7. The molecule has 2 nitrogen and oxygen atoms in total. The van der Waals surface area contributed by atoms with Crippen LogP contribution in [0.1, 0.15) is 30.9 Å². The number of nitrogens with two attached hydrogens (primary N) is 1. The Morgan fingerprint density at radius 1 is 1.14 bits per heavy atom. The van der Waals surface area contributed by atoms with E-state index in [1.807, 2.05) is 32.0 Å². The minimum Gasteiger partial charge on any atom is -0.389 e. The zero-order valence-electron chi connectivity index (χ0n) is 11.8. The zero-order chi connectivity index (χ0) is 15.6. The van der Waals surface area contributed by atoms with E-state index in [2.05, 4.69) is 5.32 Å². The lowest BCUT2D eigenvalue weighted by Gasteiger charge is -2.16. The predicted molar refractivity (Wildman–Crippen MR) is 86.1 cm³/mol. The van der Waals surface area contributed by atoms with Crippen molar-refractivity contribution < 1.29 is 8.78 Å². The Kier molecular flexibility index (Phi) is 4.53. The molecule has 0 saturated heterocycles. The van der Waals surface area contributed by atoms with E-state index < -0.39 is 11.6 Å². The van der Waals surface area contributed by atoms with Gasteiger partial charge in [0, 0.05) is 11.3 Å². The fourth-order valence-electron chi connectivity index (χ4n) is 2.08. The second-order valence-electron chi connectivity index (χ2n) is 5.05. The van der Waals surface area contributed by atoms with E-state index in [4.69, 9.17) is 18.0 Å². The summed E-state index contributed by atoms with van der Waals surface area (Å²) in [6, 6.07) is 9.68. The third-order valence-corrected chi connectivity index (χ3v) is 3.40. The molecule has 2 aromatic rings. The van der Waals surface area contributed by atoms with Gasteiger partial charge in [0.2, 0.25) is 0 Å². The number of hydrogen-bond acceptors (Lipinski definition) is 2. The standard InChI is InChI=1S/C16H16F2N2S/c1-9(2)11-5-3-4-6-14(11)20-15-12(17)7-10(16(19)21)8-13(15)18/h3-9,20H,1-2H3,(H2,19,21). The molecule has 0 saturated carbocycles. The maximum Gasteiger partial charge on any atom is 0.150 e. The summed E-state index contributed by atoms with van der Waals surface area (Å²) in [5, 5.41) is 2.82. The smallest absolute Gasteiger partial charge is 0.150 e. The Morgan fingerprint density at radius 3 is 2.24 bits per heavy atom. The highest BCUT2D eigenvalue weighted by Crippen LogP contribution is 2.30. The molecule has 5 heteroatoms. The van der Waals surface area contributed by atoms with Gasteiger partial charge in [-0.25, -0.2) is 8.78 Å². The average molecular weight is 306 g/mol. The Labute approximate surface area is 128 Å². The van der Waals surface area contributed by atoms with Gasteiger partial charge < -0.3 is 11.1 Å². The molecule has 0 aromatic heterocycles. The van der Waals surface area contributed by atoms with Crippen LogP contribution >= 0.6 is 12.2 Å². The van der Waals surface area contributed by atoms with E-state index in [1.165, 1.54) is 0 Å². The van der Waals surface area contributed by atoms with Gasteiger partial charge in [-0.05, 0) is 29.7 Å². The first-order valence-corrected chi connectivity index (χ1v) is 6.95. The van der Waals surface area contributed by atoms with Crippen LogP contribution in [0.5, 0.6) is 0 Å². The number of hydrogen-bond donors (Lipinski definition) is 2. The fraction of sp³-hybridized carbons (Fsp3) is 0.188. The number of benzene rings is 2. The van der Waals surface area contributed by atoms with Crippen molar-refractivity contribution in [3.63, 3.8) is 0 Å². The fourth-order valence-corrected chi connectivity index (χ4v) is 2.20. The number of para-hydroxylation sites is 1. The minimum atomic E-state index is -0.726. The van der Waals surface area contributed by atoms with Crippen LogP contribution in [-0.2, 0) is 0 Å². The summed E-state index contributed by atoms with van der Waals surface area (Å²) < 4.78 is 28.1. The summed E-state index contributed by atoms with van der Waals surface area (Å²) >= 11 is 4.73. The third-order valence-electron chi connectivity index (χ3n) is 3.17. The molecule has 0 bridgehead atoms. The molecule has 0 atom stereocenters. The first kappa shape index (κ1) is 15.4. The van der Waals surface area contributed by atoms with Crippen LogP contribution in [0, 0.1) is 11.6 Å². The predicted octanol–water partition coefficient (Wildman–Crippen LogP) is 4.47. The molecular formula is C16H16F2N2S. The molecule has 0 fully saturated rings. The van der Waals surface area contributed by atoms with Crippen LogP contribution < -0.4 is 11.1 Å². The lowest BCUT2D eigenvalue weighted by atomic mass is 10.0. The van der Waals surface area contributed by atoms with Crippen LogP contribution in [0.25, 0.3) is 0 Å². The van der Waals surface area contributed by atoms with Gasteiger partial charge in [-0.1, -0.05) is 44.3 Å². The van der Waals surface area contributed by atoms with Gasteiger partial charge in [0.1, 0.15) is 22.3 Å². The molecule has 0 amide bonds. The topological polar surface area (TPSA) is 38.0 Å². The maximum atomic E-state index is 14.1. The summed E-state index contributed by atoms with van der Waals surface area (Å²) in [6.45, 7) is 4.03. The van der Waals surface area contributed by atoms with E-state index in [1.54, 1.807) is 6.07 Å². The molecule has 0 unspecified atom stereocenters. The van der Waals surface area contributed by atoms with Gasteiger partial charge in [-0.15, -0.1) is 0 Å². The van der Waals surface area contributed by atoms with Crippen LogP contribution in [-0.4, -0.2) is 4.99 Å². The molecular weight excluding hydrogens is 290 g/mol. The highest BCUT2D eigenvalue weighted by molar-refractivity contribution is 7.80. The first-order valence-electron chi connectivity index (χ1n) is 6.55. The van der Waals surface area contributed by atoms with Crippen LogP contribution in [0.3, 0.4) is 0 Å². The minimum absolute atomic E-state index is 0.0399. The van der Waals surface area contributed by atoms with Crippen molar-refractivity contribution in [2.24, 2.45) is 5.73 Å². The van der Waals surface area contributed by atoms with Crippen LogP contribution in [0.15, 0.2) is 36.4 Å². The third kappa shape index (κ3) is 3.36. The van der Waals surface area contributed by atoms with Gasteiger partial charge in [-0.3, -0.25) is 0 Å². The lowest BCUT2D eigenvalue weighted by Crippen LogP contribution is -2.11.